The summed E-state index contributed by atoms with van der Waals surface area (Å²) in [6, 6.07) is 16.8. The third-order valence-corrected chi connectivity index (χ3v) is 7.18. The van der Waals surface area contributed by atoms with Crippen LogP contribution in [0.5, 0.6) is 0 Å². The van der Waals surface area contributed by atoms with E-state index in [0.717, 1.165) is 43.8 Å². The molecule has 156 valence electrons. The van der Waals surface area contributed by atoms with Gasteiger partial charge in [-0.2, -0.15) is 0 Å². The molecule has 1 saturated carbocycles. The topological polar surface area (TPSA) is 49.6 Å². The molecule has 2 aromatic heterocycles. The maximum absolute atomic E-state index is 13.2. The summed E-state index contributed by atoms with van der Waals surface area (Å²) in [6.45, 7) is 7.89. The molecule has 1 aliphatic carbocycles. The highest BCUT2D eigenvalue weighted by Gasteiger charge is 2.61. The summed E-state index contributed by atoms with van der Waals surface area (Å²) in [7, 11) is 0. The van der Waals surface area contributed by atoms with Gasteiger partial charge >= 0.3 is 0 Å². The summed E-state index contributed by atoms with van der Waals surface area (Å²) < 4.78 is 2.06. The third kappa shape index (κ3) is 3.12. The van der Waals surface area contributed by atoms with Crippen molar-refractivity contribution in [2.45, 2.75) is 45.1 Å². The van der Waals surface area contributed by atoms with Gasteiger partial charge < -0.3 is 14.6 Å². The van der Waals surface area contributed by atoms with E-state index in [1.807, 2.05) is 29.3 Å². The second-order valence-corrected chi connectivity index (χ2v) is 9.45. The van der Waals surface area contributed by atoms with E-state index in [1.54, 1.807) is 0 Å². The van der Waals surface area contributed by atoms with Gasteiger partial charge in [0.2, 0.25) is 0 Å². The van der Waals surface area contributed by atoms with Crippen molar-refractivity contribution in [3.05, 3.63) is 71.7 Å². The third-order valence-electron chi connectivity index (χ3n) is 7.18. The van der Waals surface area contributed by atoms with Crippen molar-refractivity contribution in [1.29, 1.82) is 0 Å². The fraction of sp³-hybridized carbons (Fsp3) is 0.440. The lowest BCUT2D eigenvalue weighted by molar-refractivity contribution is 0.0786. The van der Waals surface area contributed by atoms with Crippen molar-refractivity contribution < 1.29 is 4.79 Å². The highest BCUT2D eigenvalue weighted by Crippen LogP contribution is 2.63. The molecule has 2 aliphatic rings. The van der Waals surface area contributed by atoms with Crippen molar-refractivity contribution in [3.8, 4) is 0 Å². The summed E-state index contributed by atoms with van der Waals surface area (Å²) in [6.07, 6.45) is 5.35. The van der Waals surface area contributed by atoms with Gasteiger partial charge in [0, 0.05) is 37.8 Å². The highest BCUT2D eigenvalue weighted by atomic mass is 16.2. The summed E-state index contributed by atoms with van der Waals surface area (Å²) in [4.78, 5) is 19.8. The molecule has 3 heterocycles. The number of likely N-dealkylation sites (tertiary alicyclic amines) is 1. The van der Waals surface area contributed by atoms with Crippen LogP contribution < -0.4 is 5.32 Å². The van der Waals surface area contributed by atoms with Gasteiger partial charge in [-0.1, -0.05) is 50.2 Å². The van der Waals surface area contributed by atoms with Crippen LogP contribution in [0.4, 0.5) is 0 Å². The molecule has 3 aromatic rings. The fourth-order valence-electron chi connectivity index (χ4n) is 5.22. The first kappa shape index (κ1) is 19.3. The van der Waals surface area contributed by atoms with E-state index in [9.17, 15) is 4.79 Å². The lowest BCUT2D eigenvalue weighted by Gasteiger charge is -2.22. The molecule has 1 amide bonds. The Morgan fingerprint density at radius 3 is 2.47 bits per heavy atom. The number of nitrogens with zero attached hydrogens (tertiary/aromatic N) is 3. The summed E-state index contributed by atoms with van der Waals surface area (Å²) in [5.74, 6) is 0.0672. The fourth-order valence-corrected chi connectivity index (χ4v) is 5.22. The molecule has 0 unspecified atom stereocenters. The zero-order valence-electron chi connectivity index (χ0n) is 17.9. The first-order valence-electron chi connectivity index (χ1n) is 11.0. The highest BCUT2D eigenvalue weighted by molar-refractivity contribution is 5.94. The van der Waals surface area contributed by atoms with E-state index in [1.165, 1.54) is 12.0 Å². The first-order chi connectivity index (χ1) is 14.5. The summed E-state index contributed by atoms with van der Waals surface area (Å²) in [5, 5.41) is 3.69. The number of imidazole rings is 1. The SMILES string of the molecule is CC1(C)C[C@@]1(CNCc1c(C(=O)N2CCCC2)nc2ccccn12)c1ccccc1. The van der Waals surface area contributed by atoms with Crippen LogP contribution in [0.25, 0.3) is 5.65 Å². The van der Waals surface area contributed by atoms with Crippen LogP contribution in [0.3, 0.4) is 0 Å². The number of carbonyl (C=O) groups excluding carboxylic acids is 1. The van der Waals surface area contributed by atoms with Gasteiger partial charge in [0.25, 0.3) is 5.91 Å². The van der Waals surface area contributed by atoms with Crippen LogP contribution in [-0.2, 0) is 12.0 Å². The Morgan fingerprint density at radius 1 is 1.07 bits per heavy atom. The minimum Gasteiger partial charge on any atom is -0.337 e. The number of nitrogens with one attached hydrogen (secondary N) is 1. The largest absolute Gasteiger partial charge is 0.337 e. The second-order valence-electron chi connectivity index (χ2n) is 9.45. The molecule has 0 spiro atoms. The Morgan fingerprint density at radius 2 is 1.77 bits per heavy atom. The van der Waals surface area contributed by atoms with E-state index in [4.69, 9.17) is 4.98 Å². The quantitative estimate of drug-likeness (QED) is 0.677. The molecule has 5 rings (SSSR count). The molecule has 5 heteroatoms. The van der Waals surface area contributed by atoms with Gasteiger partial charge in [-0.05, 0) is 42.4 Å². The standard InChI is InChI=1S/C25H30N4O/c1-24(2)17-25(24,19-10-4-3-5-11-19)18-26-16-20-22(23(30)28-13-8-9-14-28)27-21-12-6-7-15-29(20)21/h3-7,10-12,15,26H,8-9,13-14,16-18H2,1-2H3/t25-/m1/s1. The van der Waals surface area contributed by atoms with Crippen LogP contribution in [0.2, 0.25) is 0 Å². The van der Waals surface area contributed by atoms with Gasteiger partial charge in [0.1, 0.15) is 5.65 Å². The molecule has 1 aliphatic heterocycles. The van der Waals surface area contributed by atoms with Crippen molar-refractivity contribution in [3.63, 3.8) is 0 Å². The number of aromatic nitrogens is 2. The average molecular weight is 403 g/mol. The summed E-state index contributed by atoms with van der Waals surface area (Å²) in [5.41, 5.74) is 4.21. The molecule has 5 nitrogen and oxygen atoms in total. The number of hydrogen-bond donors (Lipinski definition) is 1. The van der Waals surface area contributed by atoms with Gasteiger partial charge in [0.05, 0.1) is 5.69 Å². The molecular weight excluding hydrogens is 372 g/mol. The minimum atomic E-state index is 0.0672. The van der Waals surface area contributed by atoms with E-state index in [2.05, 4.69) is 53.9 Å². The van der Waals surface area contributed by atoms with Crippen molar-refractivity contribution in [2.75, 3.05) is 19.6 Å². The van der Waals surface area contributed by atoms with Gasteiger partial charge in [-0.3, -0.25) is 4.79 Å². The normalized spacial score (nSPS) is 22.5. The predicted octanol–water partition coefficient (Wildman–Crippen LogP) is 4.03. The Balaban J connectivity index is 1.40. The number of pyridine rings is 1. The second kappa shape index (κ2) is 7.24. The van der Waals surface area contributed by atoms with Crippen molar-refractivity contribution in [2.24, 2.45) is 5.41 Å². The van der Waals surface area contributed by atoms with Crippen LogP contribution in [-0.4, -0.2) is 39.8 Å². The van der Waals surface area contributed by atoms with E-state index >= 15 is 0 Å². The zero-order valence-corrected chi connectivity index (χ0v) is 17.9. The predicted molar refractivity (Wildman–Crippen MR) is 119 cm³/mol. The van der Waals surface area contributed by atoms with E-state index < -0.39 is 0 Å². The zero-order chi connectivity index (χ0) is 20.8. The minimum absolute atomic E-state index is 0.0672. The maximum atomic E-state index is 13.2. The van der Waals surface area contributed by atoms with Crippen LogP contribution >= 0.6 is 0 Å². The number of amides is 1. The molecule has 0 bridgehead atoms. The lowest BCUT2D eigenvalue weighted by atomic mass is 9.88. The summed E-state index contributed by atoms with van der Waals surface area (Å²) >= 11 is 0. The smallest absolute Gasteiger partial charge is 0.274 e. The van der Waals surface area contributed by atoms with Crippen LogP contribution in [0, 0.1) is 5.41 Å². The van der Waals surface area contributed by atoms with Gasteiger partial charge in [-0.15, -0.1) is 0 Å². The Labute approximate surface area is 178 Å². The number of rotatable bonds is 6. The molecule has 2 fully saturated rings. The molecule has 0 radical (unpaired) electrons. The van der Waals surface area contributed by atoms with Crippen molar-refractivity contribution >= 4 is 11.6 Å². The maximum Gasteiger partial charge on any atom is 0.274 e. The number of fused-ring (bicyclic) bond motifs is 1. The van der Waals surface area contributed by atoms with E-state index in [0.29, 0.717) is 12.2 Å². The Hall–Kier alpha value is -2.66. The van der Waals surface area contributed by atoms with Gasteiger partial charge in [-0.25, -0.2) is 4.98 Å². The molecular formula is C25H30N4O. The average Bonchev–Trinajstić information content (AvgIpc) is 3.17. The molecule has 1 saturated heterocycles. The van der Waals surface area contributed by atoms with Crippen LogP contribution in [0.1, 0.15) is 54.9 Å². The van der Waals surface area contributed by atoms with Crippen LogP contribution in [0.15, 0.2) is 54.7 Å². The van der Waals surface area contributed by atoms with E-state index in [-0.39, 0.29) is 16.7 Å². The molecule has 30 heavy (non-hydrogen) atoms. The first-order valence-corrected chi connectivity index (χ1v) is 11.0. The molecule has 1 atom stereocenters. The number of hydrogen-bond acceptors (Lipinski definition) is 3. The molecule has 1 N–H and O–H groups in total. The lowest BCUT2D eigenvalue weighted by Crippen LogP contribution is -2.32. The monoisotopic (exact) mass is 402 g/mol. The Bertz CT molecular complexity index is 1070. The van der Waals surface area contributed by atoms with Crippen molar-refractivity contribution in [1.82, 2.24) is 19.6 Å². The number of carbonyl (C=O) groups is 1. The number of benzene rings is 1. The van der Waals surface area contributed by atoms with Gasteiger partial charge in [0.15, 0.2) is 5.69 Å². The molecule has 1 aromatic carbocycles. The Kier molecular flexibility index (Phi) is 4.66.